The van der Waals surface area contributed by atoms with Crippen LogP contribution in [0.2, 0.25) is 0 Å². The van der Waals surface area contributed by atoms with Crippen LogP contribution in [0.5, 0.6) is 0 Å². The minimum Gasteiger partial charge on any atom is -0.481 e. The molecule has 0 aromatic heterocycles. The van der Waals surface area contributed by atoms with E-state index < -0.39 is 17.4 Å². The highest BCUT2D eigenvalue weighted by atomic mass is 16.5. The van der Waals surface area contributed by atoms with Crippen LogP contribution >= 0.6 is 0 Å². The molecule has 2 rings (SSSR count). The smallest absolute Gasteiger partial charge is 0.317 e. The average Bonchev–Trinajstić information content (AvgIpc) is 2.75. The molecule has 2 unspecified atom stereocenters. The van der Waals surface area contributed by atoms with E-state index in [1.165, 1.54) is 0 Å². The van der Waals surface area contributed by atoms with Crippen molar-refractivity contribution in [1.82, 2.24) is 15.1 Å². The maximum atomic E-state index is 12.4. The molecule has 0 saturated carbocycles. The van der Waals surface area contributed by atoms with Crippen LogP contribution in [0.4, 0.5) is 4.79 Å². The number of hydrogen-bond acceptors (Lipinski definition) is 4. The van der Waals surface area contributed by atoms with Crippen LogP contribution in [-0.4, -0.2) is 78.4 Å². The first-order valence-corrected chi connectivity index (χ1v) is 7.25. The van der Waals surface area contributed by atoms with Gasteiger partial charge in [-0.15, -0.1) is 0 Å². The lowest BCUT2D eigenvalue weighted by Gasteiger charge is -2.45. The normalized spacial score (nSPS) is 33.0. The monoisotopic (exact) mass is 299 g/mol. The van der Waals surface area contributed by atoms with Crippen molar-refractivity contribution in [2.45, 2.75) is 32.4 Å². The Hall–Kier alpha value is -1.34. The molecule has 0 aliphatic carbocycles. The van der Waals surface area contributed by atoms with Gasteiger partial charge in [0.15, 0.2) is 0 Å². The fourth-order valence-corrected chi connectivity index (χ4v) is 2.74. The summed E-state index contributed by atoms with van der Waals surface area (Å²) in [4.78, 5) is 27.8. The molecule has 2 atom stereocenters. The summed E-state index contributed by atoms with van der Waals surface area (Å²) in [6.07, 6.45) is 0. The van der Waals surface area contributed by atoms with Gasteiger partial charge in [-0.25, -0.2) is 4.79 Å². The van der Waals surface area contributed by atoms with Gasteiger partial charge in [0.2, 0.25) is 0 Å². The molecule has 0 aromatic rings. The van der Waals surface area contributed by atoms with E-state index in [-0.39, 0.29) is 24.8 Å². The SMILES string of the molecule is CN1CCN(C(=O)NC2COCC2(C)C(=O)O)CC1(C)C. The largest absolute Gasteiger partial charge is 0.481 e. The number of ether oxygens (including phenoxy) is 1. The summed E-state index contributed by atoms with van der Waals surface area (Å²) in [7, 11) is 2.04. The second kappa shape index (κ2) is 5.46. The van der Waals surface area contributed by atoms with E-state index >= 15 is 0 Å². The van der Waals surface area contributed by atoms with Gasteiger partial charge in [-0.3, -0.25) is 9.69 Å². The molecule has 21 heavy (non-hydrogen) atoms. The molecule has 7 nitrogen and oxygen atoms in total. The van der Waals surface area contributed by atoms with E-state index in [0.717, 1.165) is 6.54 Å². The number of likely N-dealkylation sites (N-methyl/N-ethyl adjacent to an activating group) is 1. The zero-order valence-electron chi connectivity index (χ0n) is 13.2. The Morgan fingerprint density at radius 3 is 2.52 bits per heavy atom. The van der Waals surface area contributed by atoms with E-state index in [0.29, 0.717) is 13.1 Å². The van der Waals surface area contributed by atoms with E-state index in [2.05, 4.69) is 24.1 Å². The predicted octanol–water partition coefficient (Wildman–Crippen LogP) is 0.212. The summed E-state index contributed by atoms with van der Waals surface area (Å²) in [5.41, 5.74) is -1.14. The van der Waals surface area contributed by atoms with Crippen LogP contribution in [-0.2, 0) is 9.53 Å². The average molecular weight is 299 g/mol. The van der Waals surface area contributed by atoms with Gasteiger partial charge < -0.3 is 20.1 Å². The molecule has 0 bridgehead atoms. The van der Waals surface area contributed by atoms with Crippen molar-refractivity contribution in [2.75, 3.05) is 39.9 Å². The molecule has 0 radical (unpaired) electrons. The van der Waals surface area contributed by atoms with Gasteiger partial charge in [0.25, 0.3) is 0 Å². The number of urea groups is 1. The second-order valence-corrected chi connectivity index (χ2v) is 6.90. The molecule has 7 heteroatoms. The van der Waals surface area contributed by atoms with Crippen LogP contribution in [0, 0.1) is 5.41 Å². The van der Waals surface area contributed by atoms with Gasteiger partial charge in [-0.2, -0.15) is 0 Å². The fraction of sp³-hybridized carbons (Fsp3) is 0.857. The van der Waals surface area contributed by atoms with Crippen LogP contribution in [0.1, 0.15) is 20.8 Å². The van der Waals surface area contributed by atoms with E-state index in [9.17, 15) is 14.7 Å². The number of rotatable bonds is 2. The van der Waals surface area contributed by atoms with Gasteiger partial charge in [0.1, 0.15) is 5.41 Å². The zero-order valence-corrected chi connectivity index (χ0v) is 13.2. The molecule has 0 aromatic carbocycles. The van der Waals surface area contributed by atoms with Crippen LogP contribution < -0.4 is 5.32 Å². The number of amides is 2. The number of nitrogens with one attached hydrogen (secondary N) is 1. The molecular weight excluding hydrogens is 274 g/mol. The van der Waals surface area contributed by atoms with Crippen LogP contribution in [0.25, 0.3) is 0 Å². The van der Waals surface area contributed by atoms with Gasteiger partial charge in [-0.1, -0.05) is 0 Å². The first kappa shape index (κ1) is 16.0. The highest BCUT2D eigenvalue weighted by molar-refractivity contribution is 5.79. The first-order valence-electron chi connectivity index (χ1n) is 7.25. The van der Waals surface area contributed by atoms with Crippen molar-refractivity contribution < 1.29 is 19.4 Å². The molecule has 2 saturated heterocycles. The third kappa shape index (κ3) is 2.98. The second-order valence-electron chi connectivity index (χ2n) is 6.90. The van der Waals surface area contributed by atoms with Crippen molar-refractivity contribution in [3.05, 3.63) is 0 Å². The van der Waals surface area contributed by atoms with Crippen molar-refractivity contribution in [1.29, 1.82) is 0 Å². The summed E-state index contributed by atoms with van der Waals surface area (Å²) in [6.45, 7) is 8.22. The molecule has 120 valence electrons. The molecule has 2 heterocycles. The molecule has 2 fully saturated rings. The number of aliphatic carboxylic acids is 1. The van der Waals surface area contributed by atoms with Crippen molar-refractivity contribution in [3.63, 3.8) is 0 Å². The summed E-state index contributed by atoms with van der Waals surface area (Å²) >= 11 is 0. The fourth-order valence-electron chi connectivity index (χ4n) is 2.74. The quantitative estimate of drug-likeness (QED) is 0.762. The molecule has 2 aliphatic heterocycles. The van der Waals surface area contributed by atoms with Crippen LogP contribution in [0.15, 0.2) is 0 Å². The third-order valence-corrected chi connectivity index (χ3v) is 4.85. The lowest BCUT2D eigenvalue weighted by molar-refractivity contribution is -0.148. The highest BCUT2D eigenvalue weighted by Crippen LogP contribution is 2.29. The lowest BCUT2D eigenvalue weighted by Crippen LogP contribution is -2.62. The maximum absolute atomic E-state index is 12.4. The predicted molar refractivity (Wildman–Crippen MR) is 77.2 cm³/mol. The van der Waals surface area contributed by atoms with Gasteiger partial charge in [-0.05, 0) is 27.8 Å². The number of carboxylic acid groups (broad SMARTS) is 1. The van der Waals surface area contributed by atoms with E-state index in [1.807, 2.05) is 7.05 Å². The topological polar surface area (TPSA) is 82.1 Å². The Morgan fingerprint density at radius 1 is 1.29 bits per heavy atom. The standard InChI is InChI=1S/C14H25N3O4/c1-13(2)8-17(6-5-16(13)4)12(20)15-10-7-21-9-14(10,3)11(18)19/h10H,5-9H2,1-4H3,(H,15,20)(H,18,19). The Kier molecular flexibility index (Phi) is 4.17. The van der Waals surface area contributed by atoms with E-state index in [1.54, 1.807) is 11.8 Å². The summed E-state index contributed by atoms with van der Waals surface area (Å²) in [6, 6.07) is -0.704. The molecular formula is C14H25N3O4. The van der Waals surface area contributed by atoms with E-state index in [4.69, 9.17) is 4.74 Å². The lowest BCUT2D eigenvalue weighted by atomic mass is 9.85. The van der Waals surface area contributed by atoms with Gasteiger partial charge in [0.05, 0.1) is 19.3 Å². The Balaban J connectivity index is 2.00. The number of carbonyl (C=O) groups excluding carboxylic acids is 1. The van der Waals surface area contributed by atoms with Crippen LogP contribution in [0.3, 0.4) is 0 Å². The Bertz CT molecular complexity index is 440. The molecule has 0 spiro atoms. The zero-order chi connectivity index (χ0) is 15.8. The number of carbonyl (C=O) groups is 2. The van der Waals surface area contributed by atoms with Crippen molar-refractivity contribution >= 4 is 12.0 Å². The first-order chi connectivity index (χ1) is 9.67. The molecule has 2 aliphatic rings. The summed E-state index contributed by atoms with van der Waals surface area (Å²) < 4.78 is 5.26. The number of piperazine rings is 1. The minimum atomic E-state index is -1.06. The third-order valence-electron chi connectivity index (χ3n) is 4.85. The van der Waals surface area contributed by atoms with Crippen molar-refractivity contribution in [3.8, 4) is 0 Å². The van der Waals surface area contributed by atoms with Gasteiger partial charge in [0, 0.05) is 25.2 Å². The minimum absolute atomic E-state index is 0.0854. The van der Waals surface area contributed by atoms with Gasteiger partial charge >= 0.3 is 12.0 Å². The molecule has 2 N–H and O–H groups in total. The Morgan fingerprint density at radius 2 is 1.95 bits per heavy atom. The Labute approximate surface area is 125 Å². The number of hydrogen-bond donors (Lipinski definition) is 2. The number of carboxylic acids is 1. The highest BCUT2D eigenvalue weighted by Gasteiger charge is 2.48. The summed E-state index contributed by atoms with van der Waals surface area (Å²) in [5, 5.41) is 12.2. The summed E-state index contributed by atoms with van der Waals surface area (Å²) in [5.74, 6) is -0.941. The van der Waals surface area contributed by atoms with Crippen molar-refractivity contribution in [2.24, 2.45) is 5.41 Å². The maximum Gasteiger partial charge on any atom is 0.317 e. The molecule has 2 amide bonds. The number of nitrogens with zero attached hydrogens (tertiary/aromatic N) is 2.